The molecule has 13 aromatic rings. The van der Waals surface area contributed by atoms with Gasteiger partial charge in [0.15, 0.2) is 34.9 Å². The molecule has 2 unspecified atom stereocenters. The van der Waals surface area contributed by atoms with E-state index in [0.29, 0.717) is 85.6 Å². The molecule has 95 heavy (non-hydrogen) atoms. The quantitative estimate of drug-likeness (QED) is 0.0580. The van der Waals surface area contributed by atoms with Gasteiger partial charge in [0, 0.05) is 40.3 Å². The fourth-order valence-electron chi connectivity index (χ4n) is 14.0. The van der Waals surface area contributed by atoms with Crippen LogP contribution in [0.25, 0.3) is 56.7 Å². The summed E-state index contributed by atoms with van der Waals surface area (Å²) in [5.41, 5.74) is 4.79. The van der Waals surface area contributed by atoms with Crippen LogP contribution >= 0.6 is 0 Å². The lowest BCUT2D eigenvalue weighted by molar-refractivity contribution is 0.416. The summed E-state index contributed by atoms with van der Waals surface area (Å²) in [6, 6.07) is 78.6. The molecule has 0 aromatic heterocycles. The molecule has 0 N–H and O–H groups in total. The van der Waals surface area contributed by atoms with Crippen LogP contribution in [-0.2, 0) is 10.8 Å². The van der Waals surface area contributed by atoms with Gasteiger partial charge in [0.05, 0.1) is 10.8 Å². The molecule has 0 radical (unpaired) electrons. The second kappa shape index (κ2) is 23.7. The van der Waals surface area contributed by atoms with Crippen molar-refractivity contribution in [3.8, 4) is 67.5 Å². The Bertz CT molecular complexity index is 4950. The third-order valence-electron chi connectivity index (χ3n) is 18.2. The van der Waals surface area contributed by atoms with Gasteiger partial charge in [-0.2, -0.15) is 0 Å². The van der Waals surface area contributed by atoms with E-state index in [1.165, 1.54) is 0 Å². The fraction of sp³-hybridized carbons (Fsp3) is 0.0238. The molecule has 0 amide bonds. The molecule has 11 heteroatoms. The zero-order valence-electron chi connectivity index (χ0n) is 50.3. The standard InChI is InChI=1S/C84H51F8NO2/c1-3-50-24-34-61(35-25-50)94-63-38-28-56(29-39-63)83(77-73(85)48-75(87)79(89)81(77)91)69-22-10-8-20-65(69)67-42-32-59(46-71(67)83)93(58-19-13-18-55(45-58)54-17-12-16-53(44-54)52-14-6-5-7-15-52)60-33-43-68-66-21-9-11-23-70(66)84(72(68)47-60,78-74(86)49-76(88)80(90)82(78)92)57-30-40-64(41-31-57)95-62-36-26-51(4-2)27-37-62/h3-49H,1-2H2. The molecule has 0 fully saturated rings. The van der Waals surface area contributed by atoms with Crippen molar-refractivity contribution in [3.05, 3.63) is 388 Å². The third-order valence-corrected chi connectivity index (χ3v) is 18.2. The summed E-state index contributed by atoms with van der Waals surface area (Å²) in [5, 5.41) is 0. The Kier molecular flexibility index (Phi) is 14.8. The Labute approximate surface area is 542 Å². The van der Waals surface area contributed by atoms with Crippen LogP contribution in [0.2, 0.25) is 0 Å². The van der Waals surface area contributed by atoms with Crippen molar-refractivity contribution in [2.24, 2.45) is 0 Å². The van der Waals surface area contributed by atoms with Gasteiger partial charge < -0.3 is 14.4 Å². The lowest BCUT2D eigenvalue weighted by Crippen LogP contribution is -2.32. The maximum atomic E-state index is 17.5. The van der Waals surface area contributed by atoms with Crippen LogP contribution in [-0.4, -0.2) is 0 Å². The van der Waals surface area contributed by atoms with E-state index in [1.54, 1.807) is 146 Å². The predicted octanol–water partition coefficient (Wildman–Crippen LogP) is 23.2. The van der Waals surface area contributed by atoms with Crippen LogP contribution in [0.3, 0.4) is 0 Å². The van der Waals surface area contributed by atoms with Gasteiger partial charge in [0.2, 0.25) is 0 Å². The molecule has 2 aliphatic carbocycles. The van der Waals surface area contributed by atoms with E-state index in [-0.39, 0.29) is 22.3 Å². The summed E-state index contributed by atoms with van der Waals surface area (Å²) in [7, 11) is 0. The van der Waals surface area contributed by atoms with Crippen LogP contribution in [0.1, 0.15) is 55.6 Å². The van der Waals surface area contributed by atoms with Crippen molar-refractivity contribution in [3.63, 3.8) is 0 Å². The predicted molar refractivity (Wildman–Crippen MR) is 359 cm³/mol. The van der Waals surface area contributed by atoms with Crippen LogP contribution < -0.4 is 14.4 Å². The smallest absolute Gasteiger partial charge is 0.194 e. The number of hydrogen-bond donors (Lipinski definition) is 0. The second-order valence-corrected chi connectivity index (χ2v) is 23.4. The SMILES string of the molecule is C=Cc1ccc(Oc2ccc(C3(c4c(F)cc(F)c(F)c4F)c4ccccc4-c4ccc(N(c5cccc(-c6cccc(-c7ccccc7)c6)c5)c5ccc6c(c5)C(c5ccc(Oc7ccc(C=C)cc7)cc5)(c5c(F)cc(F)c(F)c5F)c5ccccc5-6)cc43)cc2)cc1. The molecule has 2 aliphatic rings. The summed E-state index contributed by atoms with van der Waals surface area (Å²) in [5.74, 6) is -11.7. The lowest BCUT2D eigenvalue weighted by atomic mass is 9.67. The van der Waals surface area contributed by atoms with Crippen LogP contribution in [0, 0.1) is 46.5 Å². The van der Waals surface area contributed by atoms with E-state index < -0.39 is 68.5 Å². The summed E-state index contributed by atoms with van der Waals surface area (Å²) in [6.07, 6.45) is 3.39. The Morgan fingerprint density at radius 3 is 1.08 bits per heavy atom. The first-order valence-corrected chi connectivity index (χ1v) is 30.5. The van der Waals surface area contributed by atoms with Gasteiger partial charge in [0.25, 0.3) is 0 Å². The van der Waals surface area contributed by atoms with Crippen molar-refractivity contribution < 1.29 is 44.6 Å². The molecule has 2 atom stereocenters. The topological polar surface area (TPSA) is 21.7 Å². The Hall–Kier alpha value is -11.8. The molecule has 0 saturated heterocycles. The van der Waals surface area contributed by atoms with Crippen LogP contribution in [0.15, 0.2) is 286 Å². The number of fused-ring (bicyclic) bond motifs is 6. The van der Waals surface area contributed by atoms with Crippen molar-refractivity contribution in [2.45, 2.75) is 10.8 Å². The van der Waals surface area contributed by atoms with E-state index in [0.717, 1.165) is 33.4 Å². The third kappa shape index (κ3) is 9.80. The maximum Gasteiger partial charge on any atom is 0.194 e. The summed E-state index contributed by atoms with van der Waals surface area (Å²) < 4.78 is 146. The highest BCUT2D eigenvalue weighted by Crippen LogP contribution is 2.61. The Morgan fingerprint density at radius 2 is 0.642 bits per heavy atom. The van der Waals surface area contributed by atoms with E-state index in [9.17, 15) is 0 Å². The van der Waals surface area contributed by atoms with Gasteiger partial charge in [-0.1, -0.05) is 195 Å². The van der Waals surface area contributed by atoms with E-state index in [4.69, 9.17) is 9.47 Å². The molecule has 0 aliphatic heterocycles. The van der Waals surface area contributed by atoms with Crippen LogP contribution in [0.5, 0.6) is 23.0 Å². The highest BCUT2D eigenvalue weighted by molar-refractivity contribution is 5.93. The van der Waals surface area contributed by atoms with Gasteiger partial charge in [-0.15, -0.1) is 0 Å². The minimum Gasteiger partial charge on any atom is -0.457 e. The molecule has 0 spiro atoms. The normalized spacial score (nSPS) is 14.9. The monoisotopic (exact) mass is 1260 g/mol. The molecule has 3 nitrogen and oxygen atoms in total. The lowest BCUT2D eigenvalue weighted by Gasteiger charge is -2.36. The zero-order valence-corrected chi connectivity index (χ0v) is 50.3. The molecule has 460 valence electrons. The number of rotatable bonds is 15. The Morgan fingerprint density at radius 1 is 0.284 bits per heavy atom. The van der Waals surface area contributed by atoms with Gasteiger partial charge in [0.1, 0.15) is 34.6 Å². The number of benzene rings is 13. The average molecular weight is 1260 g/mol. The largest absolute Gasteiger partial charge is 0.457 e. The van der Waals surface area contributed by atoms with Gasteiger partial charge in [-0.3, -0.25) is 0 Å². The summed E-state index contributed by atoms with van der Waals surface area (Å²) in [4.78, 5) is 1.88. The molecular weight excluding hydrogens is 1210 g/mol. The molecule has 13 aromatic carbocycles. The first-order valence-electron chi connectivity index (χ1n) is 30.5. The molecule has 15 rings (SSSR count). The highest BCUT2D eigenvalue weighted by Gasteiger charge is 2.52. The van der Waals surface area contributed by atoms with Gasteiger partial charge >= 0.3 is 0 Å². The number of hydrogen-bond acceptors (Lipinski definition) is 3. The van der Waals surface area contributed by atoms with Crippen molar-refractivity contribution in [1.29, 1.82) is 0 Å². The van der Waals surface area contributed by atoms with E-state index >= 15 is 35.1 Å². The number of nitrogens with zero attached hydrogens (tertiary/aromatic N) is 1. The van der Waals surface area contributed by atoms with Crippen LogP contribution in [0.4, 0.5) is 52.2 Å². The molecule has 0 saturated carbocycles. The second-order valence-electron chi connectivity index (χ2n) is 23.4. The molecule has 0 bridgehead atoms. The highest BCUT2D eigenvalue weighted by atomic mass is 19.2. The number of halogens is 8. The van der Waals surface area contributed by atoms with E-state index in [2.05, 4.69) is 19.2 Å². The summed E-state index contributed by atoms with van der Waals surface area (Å²) >= 11 is 0. The summed E-state index contributed by atoms with van der Waals surface area (Å²) in [6.45, 7) is 7.66. The van der Waals surface area contributed by atoms with Crippen molar-refractivity contribution in [1.82, 2.24) is 0 Å². The van der Waals surface area contributed by atoms with Gasteiger partial charge in [-0.25, -0.2) is 35.1 Å². The Balaban J connectivity index is 0.983. The first kappa shape index (κ1) is 59.5. The van der Waals surface area contributed by atoms with E-state index in [1.807, 2.05) is 126 Å². The molecule has 0 heterocycles. The first-order chi connectivity index (χ1) is 46.3. The minimum atomic E-state index is -2.05. The average Bonchev–Trinajstić information content (AvgIpc) is 1.56. The number of ether oxygens (including phenoxy) is 2. The number of anilines is 3. The van der Waals surface area contributed by atoms with Crippen molar-refractivity contribution in [2.75, 3.05) is 4.90 Å². The van der Waals surface area contributed by atoms with Gasteiger partial charge in [-0.05, 0) is 180 Å². The zero-order chi connectivity index (χ0) is 65.3. The molecular formula is C84H51F8NO2. The van der Waals surface area contributed by atoms with Crippen molar-refractivity contribution >= 4 is 29.2 Å². The maximum absolute atomic E-state index is 17.5. The minimum absolute atomic E-state index is 0.267. The fourth-order valence-corrected chi connectivity index (χ4v) is 14.0.